The summed E-state index contributed by atoms with van der Waals surface area (Å²) in [5.41, 5.74) is 9.96. The van der Waals surface area contributed by atoms with Gasteiger partial charge >= 0.3 is 0 Å². The first-order valence-electron chi connectivity index (χ1n) is 7.54. The first kappa shape index (κ1) is 14.7. The fourth-order valence-corrected chi connectivity index (χ4v) is 2.86. The molecule has 4 heteroatoms. The zero-order valence-corrected chi connectivity index (χ0v) is 12.7. The van der Waals surface area contributed by atoms with Gasteiger partial charge in [0.15, 0.2) is 0 Å². The number of anilines is 3. The van der Waals surface area contributed by atoms with Crippen LogP contribution in [0.4, 0.5) is 17.1 Å². The first-order valence-corrected chi connectivity index (χ1v) is 7.54. The van der Waals surface area contributed by atoms with E-state index in [1.54, 1.807) is 0 Å². The van der Waals surface area contributed by atoms with Crippen molar-refractivity contribution in [3.8, 4) is 0 Å². The third-order valence-electron chi connectivity index (χ3n) is 4.60. The second-order valence-electron chi connectivity index (χ2n) is 5.61. The number of benzene rings is 1. The summed E-state index contributed by atoms with van der Waals surface area (Å²) in [6.45, 7) is 6.57. The van der Waals surface area contributed by atoms with Crippen LogP contribution in [0.25, 0.3) is 0 Å². The predicted molar refractivity (Wildman–Crippen MR) is 85.0 cm³/mol. The molecule has 110 valence electrons. The summed E-state index contributed by atoms with van der Waals surface area (Å²) >= 11 is 0. The summed E-state index contributed by atoms with van der Waals surface area (Å²) in [5, 5.41) is 6.53. The number of rotatable bonds is 5. The fourth-order valence-electron chi connectivity index (χ4n) is 2.86. The molecule has 1 aromatic rings. The predicted octanol–water partition coefficient (Wildman–Crippen LogP) is 3.53. The van der Waals surface area contributed by atoms with Crippen molar-refractivity contribution in [2.75, 3.05) is 16.4 Å². The molecule has 1 aliphatic rings. The quantitative estimate of drug-likeness (QED) is 0.720. The second kappa shape index (κ2) is 5.73. The molecular formula is C16H25N3O. The second-order valence-corrected chi connectivity index (χ2v) is 5.61. The molecule has 20 heavy (non-hydrogen) atoms. The molecule has 0 saturated carbocycles. The third kappa shape index (κ3) is 2.74. The lowest BCUT2D eigenvalue weighted by Crippen LogP contribution is -2.36. The van der Waals surface area contributed by atoms with E-state index in [0.29, 0.717) is 6.42 Å². The van der Waals surface area contributed by atoms with E-state index in [1.165, 1.54) is 0 Å². The molecule has 1 heterocycles. The lowest BCUT2D eigenvalue weighted by atomic mass is 9.89. The minimum absolute atomic E-state index is 0.0705. The lowest BCUT2D eigenvalue weighted by molar-refractivity contribution is -0.116. The molecule has 0 spiro atoms. The van der Waals surface area contributed by atoms with E-state index in [0.717, 1.165) is 48.3 Å². The Kier molecular flexibility index (Phi) is 4.21. The summed E-state index contributed by atoms with van der Waals surface area (Å²) in [6.07, 6.45) is 4.45. The highest BCUT2D eigenvalue weighted by Gasteiger charge is 2.25. The Labute approximate surface area is 121 Å². The van der Waals surface area contributed by atoms with Gasteiger partial charge in [0.25, 0.3) is 0 Å². The van der Waals surface area contributed by atoms with Crippen LogP contribution in [0, 0.1) is 0 Å². The molecule has 1 aromatic carbocycles. The average Bonchev–Trinajstić information content (AvgIpc) is 2.46. The molecular weight excluding hydrogens is 250 g/mol. The number of aryl methyl sites for hydroxylation is 1. The van der Waals surface area contributed by atoms with Gasteiger partial charge in [-0.3, -0.25) is 4.79 Å². The van der Waals surface area contributed by atoms with Crippen molar-refractivity contribution < 1.29 is 4.79 Å². The van der Waals surface area contributed by atoms with Gasteiger partial charge in [0.1, 0.15) is 0 Å². The maximum absolute atomic E-state index is 11.5. The Morgan fingerprint density at radius 1 is 1.20 bits per heavy atom. The smallest absolute Gasteiger partial charge is 0.224 e. The fraction of sp³-hybridized carbons (Fsp3) is 0.562. The SMILES string of the molecule is CCC(CC)(CC)Nc1cc2c(cc1N)CCC(=O)N2. The standard InChI is InChI=1S/C16H25N3O/c1-4-16(5-2,6-3)19-14-10-13-11(9-12(14)17)7-8-15(20)18-13/h9-10,19H,4-8,17H2,1-3H3,(H,18,20). The maximum atomic E-state index is 11.5. The Bertz CT molecular complexity index is 498. The van der Waals surface area contributed by atoms with E-state index in [4.69, 9.17) is 5.73 Å². The van der Waals surface area contributed by atoms with Gasteiger partial charge in [0.05, 0.1) is 11.4 Å². The molecule has 1 amide bonds. The number of nitrogen functional groups attached to an aromatic ring is 1. The molecule has 0 bridgehead atoms. The number of nitrogens with two attached hydrogens (primary N) is 1. The summed E-state index contributed by atoms with van der Waals surface area (Å²) in [6, 6.07) is 3.97. The Hall–Kier alpha value is -1.71. The minimum atomic E-state index is 0.0705. The number of fused-ring (bicyclic) bond motifs is 1. The van der Waals surface area contributed by atoms with E-state index in [1.807, 2.05) is 12.1 Å². The van der Waals surface area contributed by atoms with Crippen LogP contribution in [0.3, 0.4) is 0 Å². The number of carbonyl (C=O) groups excluding carboxylic acids is 1. The molecule has 0 unspecified atom stereocenters. The monoisotopic (exact) mass is 275 g/mol. The zero-order chi connectivity index (χ0) is 14.8. The number of amides is 1. The third-order valence-corrected chi connectivity index (χ3v) is 4.60. The van der Waals surface area contributed by atoms with Crippen LogP contribution in [-0.2, 0) is 11.2 Å². The van der Waals surface area contributed by atoms with Crippen LogP contribution in [0.15, 0.2) is 12.1 Å². The molecule has 4 N–H and O–H groups in total. The number of hydrogen-bond donors (Lipinski definition) is 3. The topological polar surface area (TPSA) is 67.1 Å². The highest BCUT2D eigenvalue weighted by Crippen LogP contribution is 2.34. The molecule has 0 saturated heterocycles. The van der Waals surface area contributed by atoms with Crippen LogP contribution >= 0.6 is 0 Å². The molecule has 0 aromatic heterocycles. The van der Waals surface area contributed by atoms with Crippen LogP contribution in [0.2, 0.25) is 0 Å². The maximum Gasteiger partial charge on any atom is 0.224 e. The average molecular weight is 275 g/mol. The van der Waals surface area contributed by atoms with Crippen LogP contribution in [0.5, 0.6) is 0 Å². The molecule has 4 nitrogen and oxygen atoms in total. The van der Waals surface area contributed by atoms with Crippen molar-refractivity contribution in [3.05, 3.63) is 17.7 Å². The van der Waals surface area contributed by atoms with E-state index in [9.17, 15) is 4.79 Å². The van der Waals surface area contributed by atoms with Gasteiger partial charge in [0.2, 0.25) is 5.91 Å². The Morgan fingerprint density at radius 2 is 1.85 bits per heavy atom. The van der Waals surface area contributed by atoms with E-state index >= 15 is 0 Å². The van der Waals surface area contributed by atoms with Crippen LogP contribution < -0.4 is 16.4 Å². The normalized spacial score (nSPS) is 14.7. The summed E-state index contributed by atoms with van der Waals surface area (Å²) < 4.78 is 0. The van der Waals surface area contributed by atoms with Crippen molar-refractivity contribution in [1.82, 2.24) is 0 Å². The van der Waals surface area contributed by atoms with Crippen molar-refractivity contribution in [1.29, 1.82) is 0 Å². The lowest BCUT2D eigenvalue weighted by Gasteiger charge is -2.34. The van der Waals surface area contributed by atoms with Crippen molar-refractivity contribution in [2.45, 2.75) is 58.4 Å². The van der Waals surface area contributed by atoms with E-state index in [-0.39, 0.29) is 11.4 Å². The molecule has 1 aliphatic heterocycles. The van der Waals surface area contributed by atoms with E-state index in [2.05, 4.69) is 31.4 Å². The Morgan fingerprint density at radius 3 is 2.45 bits per heavy atom. The van der Waals surface area contributed by atoms with Crippen molar-refractivity contribution in [2.24, 2.45) is 0 Å². The molecule has 0 atom stereocenters. The molecule has 0 aliphatic carbocycles. The van der Waals surface area contributed by atoms with Gasteiger partial charge in [-0.05, 0) is 43.4 Å². The largest absolute Gasteiger partial charge is 0.397 e. The minimum Gasteiger partial charge on any atom is -0.397 e. The Balaban J connectivity index is 2.33. The molecule has 0 fully saturated rings. The molecule has 0 radical (unpaired) electrons. The summed E-state index contributed by atoms with van der Waals surface area (Å²) in [7, 11) is 0. The van der Waals surface area contributed by atoms with Gasteiger partial charge in [-0.1, -0.05) is 20.8 Å². The first-order chi connectivity index (χ1) is 9.53. The summed E-state index contributed by atoms with van der Waals surface area (Å²) in [4.78, 5) is 11.5. The number of carbonyl (C=O) groups is 1. The number of hydrogen-bond acceptors (Lipinski definition) is 3. The zero-order valence-electron chi connectivity index (χ0n) is 12.7. The van der Waals surface area contributed by atoms with Crippen molar-refractivity contribution >= 4 is 23.0 Å². The summed E-state index contributed by atoms with van der Waals surface area (Å²) in [5.74, 6) is 0.0842. The van der Waals surface area contributed by atoms with Gasteiger partial charge in [0, 0.05) is 17.6 Å². The highest BCUT2D eigenvalue weighted by atomic mass is 16.1. The van der Waals surface area contributed by atoms with Crippen LogP contribution in [0.1, 0.15) is 52.0 Å². The van der Waals surface area contributed by atoms with E-state index < -0.39 is 0 Å². The van der Waals surface area contributed by atoms with Gasteiger partial charge < -0.3 is 16.4 Å². The van der Waals surface area contributed by atoms with Gasteiger partial charge in [-0.2, -0.15) is 0 Å². The number of nitrogens with one attached hydrogen (secondary N) is 2. The van der Waals surface area contributed by atoms with Gasteiger partial charge in [-0.25, -0.2) is 0 Å². The van der Waals surface area contributed by atoms with Crippen molar-refractivity contribution in [3.63, 3.8) is 0 Å². The van der Waals surface area contributed by atoms with Gasteiger partial charge in [-0.15, -0.1) is 0 Å². The van der Waals surface area contributed by atoms with Crippen LogP contribution in [-0.4, -0.2) is 11.4 Å². The highest BCUT2D eigenvalue weighted by molar-refractivity contribution is 5.95. The molecule has 2 rings (SSSR count).